The molecule has 4 nitrogen and oxygen atoms in total. The Labute approximate surface area is 120 Å². The molecular weight excluding hydrogens is 254 g/mol. The minimum Gasteiger partial charge on any atom is -0.466 e. The maximum Gasteiger partial charge on any atom is 0.307 e. The summed E-state index contributed by atoms with van der Waals surface area (Å²) in [4.78, 5) is 23.7. The fourth-order valence-electron chi connectivity index (χ4n) is 2.04. The van der Waals surface area contributed by atoms with Crippen molar-refractivity contribution in [3.05, 3.63) is 35.9 Å². The van der Waals surface area contributed by atoms with Gasteiger partial charge in [-0.25, -0.2) is 0 Å². The zero-order valence-electron chi connectivity index (χ0n) is 12.4. The lowest BCUT2D eigenvalue weighted by atomic mass is 10.0. The second kappa shape index (κ2) is 8.35. The van der Waals surface area contributed by atoms with Crippen molar-refractivity contribution >= 4 is 11.9 Å². The van der Waals surface area contributed by atoms with Crippen molar-refractivity contribution in [2.24, 2.45) is 5.92 Å². The molecule has 1 atom stereocenters. The van der Waals surface area contributed by atoms with Gasteiger partial charge in [0, 0.05) is 11.6 Å². The molecule has 0 aromatic heterocycles. The minimum absolute atomic E-state index is 0.152. The van der Waals surface area contributed by atoms with Crippen LogP contribution in [0.3, 0.4) is 0 Å². The summed E-state index contributed by atoms with van der Waals surface area (Å²) in [6.45, 7) is 6.26. The molecule has 0 spiro atoms. The predicted molar refractivity (Wildman–Crippen MR) is 78.4 cm³/mol. The molecule has 0 fully saturated rings. The van der Waals surface area contributed by atoms with Gasteiger partial charge in [0.15, 0.2) is 0 Å². The normalized spacial score (nSPS) is 12.0. The highest BCUT2D eigenvalue weighted by atomic mass is 16.5. The molecule has 110 valence electrons. The van der Waals surface area contributed by atoms with Gasteiger partial charge in [-0.05, 0) is 31.4 Å². The van der Waals surface area contributed by atoms with Crippen LogP contribution in [0.5, 0.6) is 0 Å². The molecule has 0 aliphatic heterocycles. The maximum absolute atomic E-state index is 12.1. The Kier molecular flexibility index (Phi) is 6.77. The summed E-state index contributed by atoms with van der Waals surface area (Å²) in [5, 5.41) is 2.91. The first-order chi connectivity index (χ1) is 9.52. The molecule has 1 amide bonds. The van der Waals surface area contributed by atoms with Crippen LogP contribution in [0, 0.1) is 5.92 Å². The Morgan fingerprint density at radius 3 is 2.40 bits per heavy atom. The Morgan fingerprint density at radius 2 is 1.85 bits per heavy atom. The molecule has 0 heterocycles. The van der Waals surface area contributed by atoms with E-state index >= 15 is 0 Å². The van der Waals surface area contributed by atoms with Gasteiger partial charge in [-0.2, -0.15) is 0 Å². The molecule has 0 radical (unpaired) electrons. The number of hydrogen-bond acceptors (Lipinski definition) is 3. The molecule has 0 aliphatic carbocycles. The first-order valence-corrected chi connectivity index (χ1v) is 7.04. The van der Waals surface area contributed by atoms with Crippen molar-refractivity contribution in [2.45, 2.75) is 39.7 Å². The fraction of sp³-hybridized carbons (Fsp3) is 0.500. The Morgan fingerprint density at radius 1 is 1.20 bits per heavy atom. The summed E-state index contributed by atoms with van der Waals surface area (Å²) < 4.78 is 4.95. The first kappa shape index (κ1) is 16.2. The minimum atomic E-state index is -0.272. The summed E-state index contributed by atoms with van der Waals surface area (Å²) in [7, 11) is 0. The van der Waals surface area contributed by atoms with Crippen LogP contribution in [0.15, 0.2) is 30.3 Å². The number of carbonyl (C=O) groups excluding carboxylic acids is 2. The Balaban J connectivity index is 2.64. The van der Waals surface area contributed by atoms with Gasteiger partial charge in [0.1, 0.15) is 0 Å². The molecule has 0 saturated carbocycles. The van der Waals surface area contributed by atoms with E-state index in [2.05, 4.69) is 19.2 Å². The summed E-state index contributed by atoms with van der Waals surface area (Å²) in [6, 6.07) is 8.82. The number of carbonyl (C=O) groups is 2. The molecular formula is C16H23NO3. The predicted octanol–water partition coefficient (Wildman–Crippen LogP) is 2.78. The molecule has 20 heavy (non-hydrogen) atoms. The zero-order valence-corrected chi connectivity index (χ0v) is 12.4. The van der Waals surface area contributed by atoms with Gasteiger partial charge in [0.2, 0.25) is 0 Å². The molecule has 0 unspecified atom stereocenters. The molecule has 1 aromatic rings. The van der Waals surface area contributed by atoms with Gasteiger partial charge in [0.05, 0.1) is 13.0 Å². The number of hydrogen-bond donors (Lipinski definition) is 1. The van der Waals surface area contributed by atoms with Crippen LogP contribution in [-0.4, -0.2) is 24.5 Å². The Hall–Kier alpha value is -1.84. The summed E-state index contributed by atoms with van der Waals surface area (Å²) in [5.41, 5.74) is 0.602. The van der Waals surface area contributed by atoms with Crippen LogP contribution < -0.4 is 5.32 Å². The van der Waals surface area contributed by atoms with Crippen molar-refractivity contribution in [3.8, 4) is 0 Å². The second-order valence-electron chi connectivity index (χ2n) is 5.18. The second-order valence-corrected chi connectivity index (χ2v) is 5.18. The van der Waals surface area contributed by atoms with Gasteiger partial charge >= 0.3 is 5.97 Å². The van der Waals surface area contributed by atoms with Gasteiger partial charge in [0.25, 0.3) is 5.91 Å². The number of nitrogens with one attached hydrogen (secondary N) is 1. The van der Waals surface area contributed by atoms with E-state index in [1.54, 1.807) is 19.1 Å². The first-order valence-electron chi connectivity index (χ1n) is 7.04. The van der Waals surface area contributed by atoms with E-state index in [4.69, 9.17) is 4.74 Å². The van der Waals surface area contributed by atoms with Crippen LogP contribution in [-0.2, 0) is 9.53 Å². The van der Waals surface area contributed by atoms with Crippen LogP contribution in [0.25, 0.3) is 0 Å². The van der Waals surface area contributed by atoms with Crippen molar-refractivity contribution in [1.82, 2.24) is 5.32 Å². The third-order valence-corrected chi connectivity index (χ3v) is 2.85. The average molecular weight is 277 g/mol. The molecule has 1 N–H and O–H groups in total. The van der Waals surface area contributed by atoms with Crippen LogP contribution in [0.2, 0.25) is 0 Å². The fourth-order valence-corrected chi connectivity index (χ4v) is 2.04. The van der Waals surface area contributed by atoms with E-state index in [1.165, 1.54) is 0 Å². The number of esters is 1. The summed E-state index contributed by atoms with van der Waals surface area (Å²) >= 11 is 0. The maximum atomic E-state index is 12.1. The molecule has 4 heteroatoms. The van der Waals surface area contributed by atoms with Crippen LogP contribution in [0.4, 0.5) is 0 Å². The van der Waals surface area contributed by atoms with Crippen molar-refractivity contribution in [1.29, 1.82) is 0 Å². The topological polar surface area (TPSA) is 55.4 Å². The lowest BCUT2D eigenvalue weighted by Gasteiger charge is -2.20. The SMILES string of the molecule is CCOC(=O)C[C@H](CC(C)C)NC(=O)c1ccccc1. The van der Waals surface area contributed by atoms with E-state index in [0.29, 0.717) is 18.1 Å². The molecule has 1 rings (SSSR count). The highest BCUT2D eigenvalue weighted by Crippen LogP contribution is 2.10. The molecule has 0 saturated heterocycles. The number of benzene rings is 1. The zero-order chi connectivity index (χ0) is 15.0. The largest absolute Gasteiger partial charge is 0.466 e. The Bertz CT molecular complexity index is 429. The van der Waals surface area contributed by atoms with Crippen molar-refractivity contribution in [2.75, 3.05) is 6.61 Å². The van der Waals surface area contributed by atoms with Gasteiger partial charge < -0.3 is 10.1 Å². The van der Waals surface area contributed by atoms with Crippen molar-refractivity contribution < 1.29 is 14.3 Å². The third-order valence-electron chi connectivity index (χ3n) is 2.85. The van der Waals surface area contributed by atoms with Crippen LogP contribution >= 0.6 is 0 Å². The summed E-state index contributed by atoms with van der Waals surface area (Å²) in [5.74, 6) is -0.0300. The van der Waals surface area contributed by atoms with Crippen LogP contribution in [0.1, 0.15) is 44.0 Å². The van der Waals surface area contributed by atoms with E-state index in [-0.39, 0.29) is 24.3 Å². The molecule has 0 bridgehead atoms. The van der Waals surface area contributed by atoms with E-state index in [1.807, 2.05) is 18.2 Å². The lowest BCUT2D eigenvalue weighted by molar-refractivity contribution is -0.143. The summed E-state index contributed by atoms with van der Waals surface area (Å²) in [6.07, 6.45) is 0.960. The molecule has 1 aromatic carbocycles. The standard InChI is InChI=1S/C16H23NO3/c1-4-20-15(18)11-14(10-12(2)3)17-16(19)13-8-6-5-7-9-13/h5-9,12,14H,4,10-11H2,1-3H3,(H,17,19)/t14-/m0/s1. The quantitative estimate of drug-likeness (QED) is 0.780. The number of ether oxygens (including phenoxy) is 1. The highest BCUT2D eigenvalue weighted by molar-refractivity contribution is 5.94. The van der Waals surface area contributed by atoms with E-state index in [9.17, 15) is 9.59 Å². The van der Waals surface area contributed by atoms with Gasteiger partial charge in [-0.1, -0.05) is 32.0 Å². The van der Waals surface area contributed by atoms with Gasteiger partial charge in [-0.15, -0.1) is 0 Å². The van der Waals surface area contributed by atoms with E-state index in [0.717, 1.165) is 6.42 Å². The number of rotatable bonds is 7. The average Bonchev–Trinajstić information content (AvgIpc) is 2.39. The monoisotopic (exact) mass is 277 g/mol. The van der Waals surface area contributed by atoms with Crippen molar-refractivity contribution in [3.63, 3.8) is 0 Å². The number of amides is 1. The van der Waals surface area contributed by atoms with E-state index < -0.39 is 0 Å². The third kappa shape index (κ3) is 5.87. The molecule has 0 aliphatic rings. The van der Waals surface area contributed by atoms with Gasteiger partial charge in [-0.3, -0.25) is 9.59 Å². The lowest BCUT2D eigenvalue weighted by Crippen LogP contribution is -2.37. The highest BCUT2D eigenvalue weighted by Gasteiger charge is 2.19. The smallest absolute Gasteiger partial charge is 0.307 e.